The van der Waals surface area contributed by atoms with Gasteiger partial charge in [-0.05, 0) is 26.0 Å². The fourth-order valence-corrected chi connectivity index (χ4v) is 1.21. The van der Waals surface area contributed by atoms with Crippen molar-refractivity contribution < 1.29 is 22.6 Å². The minimum atomic E-state index is -1.50. The largest absolute Gasteiger partial charge is 0.353 e. The highest BCUT2D eigenvalue weighted by molar-refractivity contribution is 5.35. The van der Waals surface area contributed by atoms with Gasteiger partial charge in [0.05, 0.1) is 0 Å². The summed E-state index contributed by atoms with van der Waals surface area (Å²) >= 11 is 0. The van der Waals surface area contributed by atoms with Crippen LogP contribution in [0.15, 0.2) is 12.1 Å². The molecule has 0 amide bonds. The predicted molar refractivity (Wildman–Crippen MR) is 60.2 cm³/mol. The first-order valence-electron chi connectivity index (χ1n) is 5.41. The summed E-state index contributed by atoms with van der Waals surface area (Å²) in [6.07, 6.45) is -0.397. The van der Waals surface area contributed by atoms with Crippen molar-refractivity contribution in [3.05, 3.63) is 35.1 Å². The minimum absolute atomic E-state index is 0.0547. The summed E-state index contributed by atoms with van der Waals surface area (Å²) in [6, 6.07) is 1.66. The molecule has 98 valence electrons. The summed E-state index contributed by atoms with van der Waals surface area (Å²) in [5.41, 5.74) is 0.0547. The number of benzene rings is 1. The van der Waals surface area contributed by atoms with Gasteiger partial charge in [0.1, 0.15) is 6.61 Å². The smallest absolute Gasteiger partial charge is 0.194 e. The van der Waals surface area contributed by atoms with E-state index in [0.717, 1.165) is 12.1 Å². The molecule has 0 fully saturated rings. The third-order valence-corrected chi connectivity index (χ3v) is 2.01. The maximum absolute atomic E-state index is 12.8. The SMILES string of the molecule is CCOC(C)OCC#Cc1cc(F)c(F)c(F)c1. The van der Waals surface area contributed by atoms with E-state index in [1.807, 2.05) is 6.92 Å². The first-order chi connectivity index (χ1) is 8.54. The molecule has 1 atom stereocenters. The lowest BCUT2D eigenvalue weighted by atomic mass is 10.2. The first-order valence-corrected chi connectivity index (χ1v) is 5.41. The zero-order valence-corrected chi connectivity index (χ0v) is 10.1. The van der Waals surface area contributed by atoms with Gasteiger partial charge >= 0.3 is 0 Å². The lowest BCUT2D eigenvalue weighted by Crippen LogP contribution is -2.12. The normalized spacial score (nSPS) is 11.8. The van der Waals surface area contributed by atoms with Crippen LogP contribution >= 0.6 is 0 Å². The molecule has 1 unspecified atom stereocenters. The van der Waals surface area contributed by atoms with E-state index in [1.165, 1.54) is 0 Å². The number of hydrogen-bond donors (Lipinski definition) is 0. The Hall–Kier alpha value is -1.51. The third-order valence-electron chi connectivity index (χ3n) is 2.01. The third kappa shape index (κ3) is 4.40. The molecule has 0 aliphatic rings. The molecule has 2 nitrogen and oxygen atoms in total. The van der Waals surface area contributed by atoms with E-state index < -0.39 is 23.7 Å². The first kappa shape index (κ1) is 14.6. The molecular weight excluding hydrogens is 245 g/mol. The molecule has 0 bridgehead atoms. The highest BCUT2D eigenvalue weighted by atomic mass is 19.2. The fraction of sp³-hybridized carbons (Fsp3) is 0.385. The van der Waals surface area contributed by atoms with Crippen LogP contribution in [0.4, 0.5) is 13.2 Å². The van der Waals surface area contributed by atoms with E-state index in [-0.39, 0.29) is 12.2 Å². The molecule has 18 heavy (non-hydrogen) atoms. The Morgan fingerprint density at radius 1 is 1.17 bits per heavy atom. The van der Waals surface area contributed by atoms with Crippen molar-refractivity contribution in [1.82, 2.24) is 0 Å². The van der Waals surface area contributed by atoms with Gasteiger partial charge in [0.15, 0.2) is 23.7 Å². The maximum Gasteiger partial charge on any atom is 0.194 e. The lowest BCUT2D eigenvalue weighted by Gasteiger charge is -2.09. The molecule has 0 heterocycles. The van der Waals surface area contributed by atoms with Crippen LogP contribution in [0.1, 0.15) is 19.4 Å². The Kier molecular flexibility index (Phi) is 5.69. The number of rotatable bonds is 4. The zero-order chi connectivity index (χ0) is 13.5. The van der Waals surface area contributed by atoms with Crippen LogP contribution in [0, 0.1) is 29.3 Å². The number of ether oxygens (including phenoxy) is 2. The summed E-state index contributed by atoms with van der Waals surface area (Å²) in [5, 5.41) is 0. The van der Waals surface area contributed by atoms with E-state index in [9.17, 15) is 13.2 Å². The van der Waals surface area contributed by atoms with E-state index in [1.54, 1.807) is 6.92 Å². The monoisotopic (exact) mass is 258 g/mol. The second-order valence-electron chi connectivity index (χ2n) is 3.39. The average Bonchev–Trinajstić information content (AvgIpc) is 2.32. The van der Waals surface area contributed by atoms with Crippen LogP contribution in [0.2, 0.25) is 0 Å². The lowest BCUT2D eigenvalue weighted by molar-refractivity contribution is -0.117. The Bertz CT molecular complexity index is 440. The fourth-order valence-electron chi connectivity index (χ4n) is 1.21. The molecule has 1 rings (SSSR count). The number of hydrogen-bond acceptors (Lipinski definition) is 2. The van der Waals surface area contributed by atoms with Crippen molar-refractivity contribution in [1.29, 1.82) is 0 Å². The molecule has 0 radical (unpaired) electrons. The molecule has 0 spiro atoms. The van der Waals surface area contributed by atoms with Gasteiger partial charge in [-0.2, -0.15) is 0 Å². The van der Waals surface area contributed by atoms with Gasteiger partial charge in [0.25, 0.3) is 0 Å². The van der Waals surface area contributed by atoms with Gasteiger partial charge in [0.2, 0.25) is 0 Å². The molecule has 0 saturated heterocycles. The number of halogens is 3. The Labute approximate surface area is 104 Å². The molecule has 0 N–H and O–H groups in total. The Morgan fingerprint density at radius 2 is 1.78 bits per heavy atom. The standard InChI is InChI=1S/C13H13F3O2/c1-3-17-9(2)18-6-4-5-10-7-11(14)13(16)12(15)8-10/h7-9H,3,6H2,1-2H3. The van der Waals surface area contributed by atoms with Crippen molar-refractivity contribution in [3.8, 4) is 11.8 Å². The summed E-state index contributed by atoms with van der Waals surface area (Å²) in [5.74, 6) is 1.01. The molecule has 1 aromatic carbocycles. The van der Waals surface area contributed by atoms with E-state index in [2.05, 4.69) is 11.8 Å². The highest BCUT2D eigenvalue weighted by Gasteiger charge is 2.09. The topological polar surface area (TPSA) is 18.5 Å². The van der Waals surface area contributed by atoms with Crippen molar-refractivity contribution >= 4 is 0 Å². The van der Waals surface area contributed by atoms with Crippen LogP contribution in [0.3, 0.4) is 0 Å². The zero-order valence-electron chi connectivity index (χ0n) is 10.1. The second kappa shape index (κ2) is 7.04. The highest BCUT2D eigenvalue weighted by Crippen LogP contribution is 2.12. The van der Waals surface area contributed by atoms with Gasteiger partial charge in [-0.3, -0.25) is 0 Å². The second-order valence-corrected chi connectivity index (χ2v) is 3.39. The van der Waals surface area contributed by atoms with Crippen LogP contribution < -0.4 is 0 Å². The molecule has 1 aromatic rings. The van der Waals surface area contributed by atoms with Crippen molar-refractivity contribution in [2.45, 2.75) is 20.1 Å². The molecule has 0 aliphatic heterocycles. The van der Waals surface area contributed by atoms with E-state index in [4.69, 9.17) is 9.47 Å². The Balaban J connectivity index is 2.58. The van der Waals surface area contributed by atoms with Gasteiger partial charge < -0.3 is 9.47 Å². The van der Waals surface area contributed by atoms with Crippen LogP contribution in [-0.4, -0.2) is 19.5 Å². The van der Waals surface area contributed by atoms with Gasteiger partial charge in [-0.1, -0.05) is 11.8 Å². The molecule has 0 aliphatic carbocycles. The maximum atomic E-state index is 12.8. The summed E-state index contributed by atoms with van der Waals surface area (Å²) in [6.45, 7) is 4.11. The van der Waals surface area contributed by atoms with Crippen molar-refractivity contribution in [2.75, 3.05) is 13.2 Å². The van der Waals surface area contributed by atoms with Crippen LogP contribution in [-0.2, 0) is 9.47 Å². The Morgan fingerprint density at radius 3 is 2.33 bits per heavy atom. The van der Waals surface area contributed by atoms with Gasteiger partial charge in [-0.15, -0.1) is 0 Å². The van der Waals surface area contributed by atoms with Crippen molar-refractivity contribution in [3.63, 3.8) is 0 Å². The molecular formula is C13H13F3O2. The average molecular weight is 258 g/mol. The van der Waals surface area contributed by atoms with Crippen molar-refractivity contribution in [2.24, 2.45) is 0 Å². The summed E-state index contributed by atoms with van der Waals surface area (Å²) in [4.78, 5) is 0. The van der Waals surface area contributed by atoms with Gasteiger partial charge in [-0.25, -0.2) is 13.2 Å². The molecule has 0 aromatic heterocycles. The summed E-state index contributed by atoms with van der Waals surface area (Å²) < 4.78 is 48.6. The van der Waals surface area contributed by atoms with Gasteiger partial charge in [0, 0.05) is 12.2 Å². The van der Waals surface area contributed by atoms with Crippen LogP contribution in [0.5, 0.6) is 0 Å². The summed E-state index contributed by atoms with van der Waals surface area (Å²) in [7, 11) is 0. The predicted octanol–water partition coefficient (Wildman–Crippen LogP) is 2.85. The quantitative estimate of drug-likeness (QED) is 0.469. The minimum Gasteiger partial charge on any atom is -0.353 e. The van der Waals surface area contributed by atoms with E-state index >= 15 is 0 Å². The van der Waals surface area contributed by atoms with E-state index in [0.29, 0.717) is 6.61 Å². The van der Waals surface area contributed by atoms with Crippen LogP contribution in [0.25, 0.3) is 0 Å². The molecule has 5 heteroatoms. The molecule has 0 saturated carbocycles.